The summed E-state index contributed by atoms with van der Waals surface area (Å²) in [6, 6.07) is 0. The molecule has 0 aromatic carbocycles. The smallest absolute Gasteiger partial charge is 0.302 e. The van der Waals surface area contributed by atoms with Gasteiger partial charge in [-0.15, -0.1) is 0 Å². The lowest BCUT2D eigenvalue weighted by atomic mass is 9.32. The lowest BCUT2D eigenvalue weighted by Gasteiger charge is -2.73. The molecule has 0 heterocycles. The van der Waals surface area contributed by atoms with Gasteiger partial charge in [0, 0.05) is 17.8 Å². The van der Waals surface area contributed by atoms with Crippen LogP contribution in [-0.2, 0) is 14.3 Å². The number of carbonyl (C=O) groups is 2. The van der Waals surface area contributed by atoms with Crippen molar-refractivity contribution in [2.24, 2.45) is 56.7 Å². The number of aldehydes is 1. The molecule has 0 aromatic heterocycles. The Kier molecular flexibility index (Phi) is 5.79. The van der Waals surface area contributed by atoms with Crippen LogP contribution in [-0.4, -0.2) is 18.4 Å². The fourth-order valence-corrected chi connectivity index (χ4v) is 11.7. The van der Waals surface area contributed by atoms with Gasteiger partial charge in [0.2, 0.25) is 0 Å². The average Bonchev–Trinajstić information content (AvgIpc) is 3.16. The predicted molar refractivity (Wildman–Crippen MR) is 141 cm³/mol. The molecule has 5 saturated carbocycles. The summed E-state index contributed by atoms with van der Waals surface area (Å²) in [5, 5.41) is 0. The highest BCUT2D eigenvalue weighted by atomic mass is 16.5. The quantitative estimate of drug-likeness (QED) is 0.234. The van der Waals surface area contributed by atoms with E-state index in [1.54, 1.807) is 6.92 Å². The first-order chi connectivity index (χ1) is 16.3. The lowest BCUT2D eigenvalue weighted by Crippen LogP contribution is -2.68. The van der Waals surface area contributed by atoms with Gasteiger partial charge in [0.1, 0.15) is 12.4 Å². The maximum atomic E-state index is 12.7. The van der Waals surface area contributed by atoms with Crippen molar-refractivity contribution >= 4 is 12.3 Å². The van der Waals surface area contributed by atoms with Crippen molar-refractivity contribution in [1.29, 1.82) is 0 Å². The van der Waals surface area contributed by atoms with Gasteiger partial charge in [-0.2, -0.15) is 0 Å². The van der Waals surface area contributed by atoms with E-state index in [0.29, 0.717) is 29.6 Å². The van der Waals surface area contributed by atoms with E-state index in [2.05, 4.69) is 48.1 Å². The second-order valence-corrected chi connectivity index (χ2v) is 15.0. The Morgan fingerprint density at radius 2 is 1.54 bits per heavy atom. The minimum Gasteiger partial charge on any atom is -0.462 e. The summed E-state index contributed by atoms with van der Waals surface area (Å²) in [6.07, 6.45) is 12.8. The van der Waals surface area contributed by atoms with Crippen LogP contribution in [0, 0.1) is 56.7 Å². The van der Waals surface area contributed by atoms with E-state index >= 15 is 0 Å². The van der Waals surface area contributed by atoms with Crippen LogP contribution in [0.5, 0.6) is 0 Å². The molecule has 0 N–H and O–H groups in total. The summed E-state index contributed by atoms with van der Waals surface area (Å²) in [6.45, 7) is 20.8. The third-order valence-electron chi connectivity index (χ3n) is 13.5. The molecule has 5 fully saturated rings. The summed E-state index contributed by atoms with van der Waals surface area (Å²) >= 11 is 0. The molecule has 0 bridgehead atoms. The number of allylic oxidation sites excluding steroid dienone is 1. The van der Waals surface area contributed by atoms with E-state index < -0.39 is 0 Å². The molecule has 3 heteroatoms. The van der Waals surface area contributed by atoms with Crippen LogP contribution in [0.3, 0.4) is 0 Å². The van der Waals surface area contributed by atoms with Crippen LogP contribution >= 0.6 is 0 Å². The topological polar surface area (TPSA) is 43.4 Å². The molecule has 0 saturated heterocycles. The second kappa shape index (κ2) is 7.94. The molecule has 0 aliphatic heterocycles. The highest BCUT2D eigenvalue weighted by Gasteiger charge is 2.72. The van der Waals surface area contributed by atoms with Gasteiger partial charge in [0.05, 0.1) is 0 Å². The maximum Gasteiger partial charge on any atom is 0.302 e. The fraction of sp³-hybridized carbons (Fsp3) is 0.875. The zero-order chi connectivity index (χ0) is 25.6. The van der Waals surface area contributed by atoms with Crippen LogP contribution in [0.1, 0.15) is 113 Å². The molecule has 3 nitrogen and oxygen atoms in total. The molecule has 5 rings (SSSR count). The van der Waals surface area contributed by atoms with E-state index in [1.165, 1.54) is 37.5 Å². The van der Waals surface area contributed by atoms with Crippen molar-refractivity contribution in [3.63, 3.8) is 0 Å². The van der Waals surface area contributed by atoms with E-state index in [4.69, 9.17) is 4.74 Å². The minimum atomic E-state index is -0.134. The van der Waals surface area contributed by atoms with Crippen molar-refractivity contribution in [2.75, 3.05) is 0 Å². The van der Waals surface area contributed by atoms with Gasteiger partial charge in [0.25, 0.3) is 0 Å². The van der Waals surface area contributed by atoms with Crippen molar-refractivity contribution in [3.8, 4) is 0 Å². The summed E-state index contributed by atoms with van der Waals surface area (Å²) in [4.78, 5) is 24.9. The Labute approximate surface area is 214 Å². The van der Waals surface area contributed by atoms with Gasteiger partial charge in [-0.25, -0.2) is 0 Å². The number of esters is 1. The van der Waals surface area contributed by atoms with Gasteiger partial charge < -0.3 is 9.53 Å². The highest BCUT2D eigenvalue weighted by Crippen LogP contribution is 2.77. The van der Waals surface area contributed by atoms with E-state index in [1.807, 2.05) is 0 Å². The van der Waals surface area contributed by atoms with Gasteiger partial charge in [-0.3, -0.25) is 4.79 Å². The SMILES string of the molecule is C=C(C)[C@@H]1CC[C@]2(C=O)CC[C@]3(C)[C@H](CC[C@@H]4[C@@]5(C)C(OC(C)=O)CCC(C)(C)[C@@H]5CC[C@]43C)[C@@H]12. The number of ether oxygens (including phenoxy) is 1. The number of hydrogen-bond acceptors (Lipinski definition) is 3. The van der Waals surface area contributed by atoms with E-state index in [0.717, 1.165) is 38.5 Å². The first kappa shape index (κ1) is 25.5. The molecule has 35 heavy (non-hydrogen) atoms. The first-order valence-corrected chi connectivity index (χ1v) is 14.6. The molecular weight excluding hydrogens is 432 g/mol. The molecule has 5 aliphatic carbocycles. The van der Waals surface area contributed by atoms with Gasteiger partial charge in [-0.1, -0.05) is 46.8 Å². The lowest BCUT2D eigenvalue weighted by molar-refractivity contribution is -0.261. The molecule has 0 radical (unpaired) electrons. The van der Waals surface area contributed by atoms with Crippen molar-refractivity contribution in [1.82, 2.24) is 0 Å². The minimum absolute atomic E-state index is 0.0109. The number of hydrogen-bond donors (Lipinski definition) is 0. The fourth-order valence-electron chi connectivity index (χ4n) is 11.7. The average molecular weight is 483 g/mol. The zero-order valence-electron chi connectivity index (χ0n) is 23.5. The van der Waals surface area contributed by atoms with E-state index in [-0.39, 0.29) is 39.1 Å². The molecule has 0 amide bonds. The highest BCUT2D eigenvalue weighted by molar-refractivity contribution is 5.66. The predicted octanol–water partition coefficient (Wildman–Crippen LogP) is 7.77. The first-order valence-electron chi connectivity index (χ1n) is 14.6. The molecule has 10 atom stereocenters. The van der Waals surface area contributed by atoms with Gasteiger partial charge in [0.15, 0.2) is 0 Å². The monoisotopic (exact) mass is 482 g/mol. The molecular formula is C32H50O3. The van der Waals surface area contributed by atoms with Crippen LogP contribution in [0.4, 0.5) is 0 Å². The number of rotatable bonds is 3. The van der Waals surface area contributed by atoms with Crippen LogP contribution in [0.25, 0.3) is 0 Å². The van der Waals surface area contributed by atoms with Gasteiger partial charge in [-0.05, 0) is 117 Å². The molecule has 0 aromatic rings. The van der Waals surface area contributed by atoms with Crippen LogP contribution in [0.2, 0.25) is 0 Å². The summed E-state index contributed by atoms with van der Waals surface area (Å²) < 4.78 is 6.17. The van der Waals surface area contributed by atoms with Crippen molar-refractivity contribution in [3.05, 3.63) is 12.2 Å². The third-order valence-corrected chi connectivity index (χ3v) is 13.5. The van der Waals surface area contributed by atoms with Crippen molar-refractivity contribution < 1.29 is 14.3 Å². The Morgan fingerprint density at radius 1 is 0.829 bits per heavy atom. The summed E-state index contributed by atoms with van der Waals surface area (Å²) in [5.41, 5.74) is 1.85. The Morgan fingerprint density at radius 3 is 2.17 bits per heavy atom. The van der Waals surface area contributed by atoms with E-state index in [9.17, 15) is 9.59 Å². The standard InChI is InChI=1S/C32H50O3/c1-20(2)22-11-16-32(19-33)18-17-29(6)23(27(22)32)9-10-25-30(29,7)15-12-24-28(4,5)14-13-26(31(24,25)8)35-21(3)34/h19,22-27H,1,9-18H2,2-8H3/t22-,23+,24-,25-,26?,27+,29+,30+,31-,32+/m0/s1. The number of fused-ring (bicyclic) bond motifs is 7. The molecule has 0 spiro atoms. The Hall–Kier alpha value is -1.12. The van der Waals surface area contributed by atoms with Crippen molar-refractivity contribution in [2.45, 2.75) is 119 Å². The summed E-state index contributed by atoms with van der Waals surface area (Å²) in [7, 11) is 0. The molecule has 1 unspecified atom stereocenters. The normalized spacial score (nSPS) is 52.3. The molecule has 5 aliphatic rings. The zero-order valence-corrected chi connectivity index (χ0v) is 23.5. The Balaban J connectivity index is 1.58. The molecule has 196 valence electrons. The largest absolute Gasteiger partial charge is 0.462 e. The summed E-state index contributed by atoms with van der Waals surface area (Å²) in [5.74, 6) is 2.53. The Bertz CT molecular complexity index is 920. The third kappa shape index (κ3) is 3.21. The van der Waals surface area contributed by atoms with Gasteiger partial charge >= 0.3 is 5.97 Å². The van der Waals surface area contributed by atoms with Crippen LogP contribution in [0.15, 0.2) is 12.2 Å². The maximum absolute atomic E-state index is 12.7. The van der Waals surface area contributed by atoms with Crippen LogP contribution < -0.4 is 0 Å². The number of carbonyl (C=O) groups excluding carboxylic acids is 2. The second-order valence-electron chi connectivity index (χ2n) is 15.0.